The number of hydrogen-bond acceptors (Lipinski definition) is 3. The standard InChI is InChI=1S/C11H10BrN3O/c1-15-10(11(12)13-14-15)9(16)7-8-5-3-2-4-6-8/h2-6H,7H2,1H3. The molecule has 1 heterocycles. The highest BCUT2D eigenvalue weighted by Crippen LogP contribution is 2.14. The molecule has 0 radical (unpaired) electrons. The predicted molar refractivity (Wildman–Crippen MR) is 63.2 cm³/mol. The van der Waals surface area contributed by atoms with Crippen LogP contribution in [0, 0.1) is 0 Å². The maximum atomic E-state index is 12.0. The second-order valence-corrected chi connectivity index (χ2v) is 4.19. The van der Waals surface area contributed by atoms with Crippen molar-refractivity contribution >= 4 is 21.7 Å². The fourth-order valence-electron chi connectivity index (χ4n) is 1.49. The minimum absolute atomic E-state index is 0.00516. The summed E-state index contributed by atoms with van der Waals surface area (Å²) in [4.78, 5) is 12.0. The Hall–Kier alpha value is -1.49. The Morgan fingerprint density at radius 1 is 1.38 bits per heavy atom. The highest BCUT2D eigenvalue weighted by Gasteiger charge is 2.16. The number of aromatic nitrogens is 3. The summed E-state index contributed by atoms with van der Waals surface area (Å²) in [6.07, 6.45) is 0.362. The molecule has 0 aliphatic heterocycles. The van der Waals surface area contributed by atoms with Gasteiger partial charge in [0.1, 0.15) is 5.69 Å². The molecule has 16 heavy (non-hydrogen) atoms. The lowest BCUT2D eigenvalue weighted by Crippen LogP contribution is -2.10. The Labute approximate surface area is 101 Å². The van der Waals surface area contributed by atoms with E-state index in [1.165, 1.54) is 4.68 Å². The highest BCUT2D eigenvalue weighted by molar-refractivity contribution is 9.10. The maximum absolute atomic E-state index is 12.0. The predicted octanol–water partition coefficient (Wildman–Crippen LogP) is 2.00. The largest absolute Gasteiger partial charge is 0.292 e. The second kappa shape index (κ2) is 4.57. The van der Waals surface area contributed by atoms with Gasteiger partial charge < -0.3 is 0 Å². The summed E-state index contributed by atoms with van der Waals surface area (Å²) in [5.41, 5.74) is 1.49. The van der Waals surface area contributed by atoms with Crippen LogP contribution in [-0.2, 0) is 13.5 Å². The third kappa shape index (κ3) is 2.19. The summed E-state index contributed by atoms with van der Waals surface area (Å²) in [5.74, 6) is 0.00516. The van der Waals surface area contributed by atoms with E-state index in [0.29, 0.717) is 16.7 Å². The minimum Gasteiger partial charge on any atom is -0.292 e. The Bertz CT molecular complexity index is 488. The lowest BCUT2D eigenvalue weighted by molar-refractivity contribution is 0.0983. The smallest absolute Gasteiger partial charge is 0.188 e. The van der Waals surface area contributed by atoms with E-state index in [1.807, 2.05) is 30.3 Å². The molecule has 0 N–H and O–H groups in total. The molecule has 82 valence electrons. The molecule has 0 bridgehead atoms. The van der Waals surface area contributed by atoms with Crippen molar-refractivity contribution in [2.45, 2.75) is 6.42 Å². The number of aryl methyl sites for hydroxylation is 1. The van der Waals surface area contributed by atoms with Crippen LogP contribution in [0.3, 0.4) is 0 Å². The fourth-order valence-corrected chi connectivity index (χ4v) is 2.04. The first-order chi connectivity index (χ1) is 7.68. The van der Waals surface area contributed by atoms with Crippen molar-refractivity contribution in [3.05, 3.63) is 46.2 Å². The van der Waals surface area contributed by atoms with Gasteiger partial charge in [0.25, 0.3) is 0 Å². The number of ketones is 1. The van der Waals surface area contributed by atoms with Gasteiger partial charge in [0, 0.05) is 13.5 Å². The molecule has 0 spiro atoms. The summed E-state index contributed by atoms with van der Waals surface area (Å²) in [6, 6.07) is 9.61. The molecule has 0 fully saturated rings. The van der Waals surface area contributed by atoms with Crippen LogP contribution in [-0.4, -0.2) is 20.8 Å². The zero-order valence-corrected chi connectivity index (χ0v) is 10.3. The third-order valence-corrected chi connectivity index (χ3v) is 2.79. The molecule has 0 aliphatic carbocycles. The molecule has 0 unspecified atom stereocenters. The summed E-state index contributed by atoms with van der Waals surface area (Å²) in [7, 11) is 1.70. The maximum Gasteiger partial charge on any atom is 0.188 e. The minimum atomic E-state index is 0.00516. The third-order valence-electron chi connectivity index (χ3n) is 2.26. The van der Waals surface area contributed by atoms with Crippen molar-refractivity contribution < 1.29 is 4.79 Å². The van der Waals surface area contributed by atoms with E-state index in [4.69, 9.17) is 0 Å². The van der Waals surface area contributed by atoms with E-state index in [9.17, 15) is 4.79 Å². The number of carbonyl (C=O) groups excluding carboxylic acids is 1. The first-order valence-corrected chi connectivity index (χ1v) is 5.60. The Balaban J connectivity index is 2.22. The molecule has 1 aromatic heterocycles. The van der Waals surface area contributed by atoms with E-state index >= 15 is 0 Å². The van der Waals surface area contributed by atoms with Crippen LogP contribution in [0.15, 0.2) is 34.9 Å². The number of Topliss-reactive ketones (excluding diaryl/α,β-unsaturated/α-hetero) is 1. The van der Waals surface area contributed by atoms with Crippen molar-refractivity contribution in [1.29, 1.82) is 0 Å². The number of rotatable bonds is 3. The van der Waals surface area contributed by atoms with Gasteiger partial charge in [0.2, 0.25) is 0 Å². The van der Waals surface area contributed by atoms with Gasteiger partial charge in [-0.1, -0.05) is 35.5 Å². The molecule has 1 aromatic carbocycles. The molecule has 2 rings (SSSR count). The monoisotopic (exact) mass is 279 g/mol. The van der Waals surface area contributed by atoms with Gasteiger partial charge in [0.15, 0.2) is 10.4 Å². The highest BCUT2D eigenvalue weighted by atomic mass is 79.9. The molecular formula is C11H10BrN3O. The van der Waals surface area contributed by atoms with Crippen LogP contribution in [0.25, 0.3) is 0 Å². The Kier molecular flexibility index (Phi) is 3.14. The van der Waals surface area contributed by atoms with E-state index < -0.39 is 0 Å². The number of halogens is 1. The van der Waals surface area contributed by atoms with Gasteiger partial charge in [-0.25, -0.2) is 4.68 Å². The van der Waals surface area contributed by atoms with Crippen LogP contribution in [0.4, 0.5) is 0 Å². The van der Waals surface area contributed by atoms with Crippen molar-refractivity contribution in [1.82, 2.24) is 15.0 Å². The van der Waals surface area contributed by atoms with Crippen LogP contribution < -0.4 is 0 Å². The average molecular weight is 280 g/mol. The van der Waals surface area contributed by atoms with E-state index in [0.717, 1.165) is 5.56 Å². The molecule has 0 amide bonds. The molecule has 5 heteroatoms. The fraction of sp³-hybridized carbons (Fsp3) is 0.182. The van der Waals surface area contributed by atoms with Gasteiger partial charge in [-0.15, -0.1) is 5.10 Å². The van der Waals surface area contributed by atoms with Gasteiger partial charge in [-0.2, -0.15) is 0 Å². The topological polar surface area (TPSA) is 47.8 Å². The molecule has 0 aliphatic rings. The van der Waals surface area contributed by atoms with Crippen molar-refractivity contribution in [3.63, 3.8) is 0 Å². The van der Waals surface area contributed by atoms with Crippen LogP contribution in [0.1, 0.15) is 16.1 Å². The second-order valence-electron chi connectivity index (χ2n) is 3.44. The Morgan fingerprint density at radius 3 is 2.62 bits per heavy atom. The molecule has 0 saturated carbocycles. The van der Waals surface area contributed by atoms with E-state index in [-0.39, 0.29) is 5.78 Å². The molecule has 0 atom stereocenters. The van der Waals surface area contributed by atoms with Crippen molar-refractivity contribution in [2.24, 2.45) is 7.05 Å². The summed E-state index contributed by atoms with van der Waals surface area (Å²) in [5, 5.41) is 7.57. The van der Waals surface area contributed by atoms with E-state index in [2.05, 4.69) is 26.2 Å². The van der Waals surface area contributed by atoms with Gasteiger partial charge in [-0.05, 0) is 21.5 Å². The lowest BCUT2D eigenvalue weighted by atomic mass is 10.1. The normalized spacial score (nSPS) is 10.4. The van der Waals surface area contributed by atoms with Crippen molar-refractivity contribution in [2.75, 3.05) is 0 Å². The average Bonchev–Trinajstić information content (AvgIpc) is 2.60. The molecular weight excluding hydrogens is 270 g/mol. The van der Waals surface area contributed by atoms with Gasteiger partial charge >= 0.3 is 0 Å². The zero-order chi connectivity index (χ0) is 11.5. The quantitative estimate of drug-likeness (QED) is 0.808. The number of benzene rings is 1. The van der Waals surface area contributed by atoms with Crippen LogP contribution in [0.5, 0.6) is 0 Å². The summed E-state index contributed by atoms with van der Waals surface area (Å²) >= 11 is 3.22. The Morgan fingerprint density at radius 2 is 2.06 bits per heavy atom. The van der Waals surface area contributed by atoms with Crippen LogP contribution >= 0.6 is 15.9 Å². The number of hydrogen-bond donors (Lipinski definition) is 0. The zero-order valence-electron chi connectivity index (χ0n) is 8.72. The molecule has 0 saturated heterocycles. The van der Waals surface area contributed by atoms with Crippen molar-refractivity contribution in [3.8, 4) is 0 Å². The van der Waals surface area contributed by atoms with Gasteiger partial charge in [0.05, 0.1) is 0 Å². The molecule has 2 aromatic rings. The lowest BCUT2D eigenvalue weighted by Gasteiger charge is -2.01. The first kappa shape index (κ1) is 11.0. The summed E-state index contributed by atoms with van der Waals surface area (Å²) < 4.78 is 1.98. The van der Waals surface area contributed by atoms with Crippen LogP contribution in [0.2, 0.25) is 0 Å². The SMILES string of the molecule is Cn1nnc(Br)c1C(=O)Cc1ccccc1. The molecule has 4 nitrogen and oxygen atoms in total. The number of carbonyl (C=O) groups is 1. The van der Waals surface area contributed by atoms with E-state index in [1.54, 1.807) is 7.05 Å². The number of nitrogens with zero attached hydrogens (tertiary/aromatic N) is 3. The summed E-state index contributed by atoms with van der Waals surface area (Å²) in [6.45, 7) is 0. The first-order valence-electron chi connectivity index (χ1n) is 4.81. The van der Waals surface area contributed by atoms with Gasteiger partial charge in [-0.3, -0.25) is 4.79 Å².